The van der Waals surface area contributed by atoms with Crippen molar-refractivity contribution in [3.8, 4) is 0 Å². The minimum atomic E-state index is -0.584. The lowest BCUT2D eigenvalue weighted by Crippen LogP contribution is -2.34. The summed E-state index contributed by atoms with van der Waals surface area (Å²) in [5, 5.41) is 0.641. The number of halogens is 1. The summed E-state index contributed by atoms with van der Waals surface area (Å²) in [6.45, 7) is 1.99. The van der Waals surface area contributed by atoms with E-state index in [2.05, 4.69) is 0 Å². The molecule has 0 N–H and O–H groups in total. The molecule has 3 aromatic rings. The number of benzene rings is 2. The highest BCUT2D eigenvalue weighted by atomic mass is 32.1. The second-order valence-corrected chi connectivity index (χ2v) is 6.43. The molecule has 4 nitrogen and oxygen atoms in total. The van der Waals surface area contributed by atoms with Crippen molar-refractivity contribution in [1.29, 1.82) is 0 Å². The Hall–Kier alpha value is -2.73. The van der Waals surface area contributed by atoms with Gasteiger partial charge in [-0.1, -0.05) is 18.2 Å². The van der Waals surface area contributed by atoms with Crippen LogP contribution >= 0.6 is 11.3 Å². The molecule has 0 aliphatic carbocycles. The fourth-order valence-electron chi connectivity index (χ4n) is 2.50. The van der Waals surface area contributed by atoms with E-state index in [0.29, 0.717) is 16.8 Å². The number of ether oxygens (including phenoxy) is 1. The Morgan fingerprint density at radius 1 is 1.12 bits per heavy atom. The van der Waals surface area contributed by atoms with Crippen LogP contribution in [0.1, 0.15) is 16.6 Å². The van der Waals surface area contributed by atoms with Gasteiger partial charge >= 0.3 is 5.97 Å². The van der Waals surface area contributed by atoms with E-state index in [1.165, 1.54) is 23.5 Å². The summed E-state index contributed by atoms with van der Waals surface area (Å²) >= 11 is 1.21. The molecule has 0 bridgehead atoms. The zero-order chi connectivity index (χ0) is 17.8. The van der Waals surface area contributed by atoms with E-state index in [4.69, 9.17) is 4.74 Å². The van der Waals surface area contributed by atoms with Gasteiger partial charge in [-0.2, -0.15) is 0 Å². The first-order chi connectivity index (χ1) is 12.1. The highest BCUT2D eigenvalue weighted by Crippen LogP contribution is 2.26. The molecule has 3 rings (SSSR count). The van der Waals surface area contributed by atoms with Crippen LogP contribution in [0, 0.1) is 5.82 Å². The zero-order valence-electron chi connectivity index (χ0n) is 13.6. The van der Waals surface area contributed by atoms with E-state index >= 15 is 0 Å². The average molecular weight is 357 g/mol. The number of esters is 1. The molecule has 0 spiro atoms. The molecule has 6 heteroatoms. The average Bonchev–Trinajstić information content (AvgIpc) is 3.04. The number of fused-ring (bicyclic) bond motifs is 1. The van der Waals surface area contributed by atoms with Crippen LogP contribution in [-0.2, 0) is 9.53 Å². The fraction of sp³-hybridized carbons (Fsp3) is 0.158. The van der Waals surface area contributed by atoms with Crippen LogP contribution in [0.5, 0.6) is 0 Å². The van der Waals surface area contributed by atoms with Gasteiger partial charge in [0, 0.05) is 16.9 Å². The van der Waals surface area contributed by atoms with E-state index in [-0.39, 0.29) is 18.3 Å². The molecule has 25 heavy (non-hydrogen) atoms. The van der Waals surface area contributed by atoms with Gasteiger partial charge in [-0.3, -0.25) is 4.79 Å². The number of para-hydroxylation sites is 1. The lowest BCUT2D eigenvalue weighted by atomic mass is 10.2. The lowest BCUT2D eigenvalue weighted by Gasteiger charge is -2.20. The number of anilines is 1. The van der Waals surface area contributed by atoms with Crippen LogP contribution in [0.3, 0.4) is 0 Å². The van der Waals surface area contributed by atoms with E-state index in [9.17, 15) is 14.0 Å². The van der Waals surface area contributed by atoms with Crippen LogP contribution in [-0.4, -0.2) is 25.0 Å². The molecule has 1 aromatic heterocycles. The molecular weight excluding hydrogens is 341 g/mol. The van der Waals surface area contributed by atoms with Gasteiger partial charge < -0.3 is 9.64 Å². The number of hydrogen-bond acceptors (Lipinski definition) is 4. The quantitative estimate of drug-likeness (QED) is 0.641. The maximum Gasteiger partial charge on any atom is 0.348 e. The van der Waals surface area contributed by atoms with Crippen molar-refractivity contribution in [2.45, 2.75) is 6.92 Å². The van der Waals surface area contributed by atoms with Gasteiger partial charge in [0.15, 0.2) is 6.61 Å². The molecule has 0 aliphatic heterocycles. The molecule has 1 heterocycles. The van der Waals surface area contributed by atoms with Gasteiger partial charge in [0.2, 0.25) is 0 Å². The van der Waals surface area contributed by atoms with Crippen molar-refractivity contribution in [3.05, 3.63) is 65.3 Å². The van der Waals surface area contributed by atoms with Crippen molar-refractivity contribution in [2.24, 2.45) is 0 Å². The molecular formula is C19H16FNO3S. The third kappa shape index (κ3) is 3.85. The highest BCUT2D eigenvalue weighted by Gasteiger charge is 2.18. The minimum absolute atomic E-state index is 0.297. The molecule has 2 aromatic carbocycles. The molecule has 0 atom stereocenters. The van der Waals surface area contributed by atoms with E-state index in [1.807, 2.05) is 37.3 Å². The number of hydrogen-bond donors (Lipinski definition) is 0. The summed E-state index contributed by atoms with van der Waals surface area (Å²) in [6.07, 6.45) is 0. The summed E-state index contributed by atoms with van der Waals surface area (Å²) in [7, 11) is 0. The summed E-state index contributed by atoms with van der Waals surface area (Å²) in [5.74, 6) is -1.24. The van der Waals surface area contributed by atoms with E-state index in [1.54, 1.807) is 17.0 Å². The van der Waals surface area contributed by atoms with Gasteiger partial charge in [-0.25, -0.2) is 9.18 Å². The number of likely N-dealkylation sites (N-methyl/N-ethyl adjacent to an activating group) is 1. The zero-order valence-corrected chi connectivity index (χ0v) is 14.4. The largest absolute Gasteiger partial charge is 0.451 e. The second kappa shape index (κ2) is 7.44. The molecule has 0 fully saturated rings. The normalized spacial score (nSPS) is 10.6. The van der Waals surface area contributed by atoms with Crippen LogP contribution in [0.4, 0.5) is 10.1 Å². The Kier molecular flexibility index (Phi) is 5.09. The second-order valence-electron chi connectivity index (χ2n) is 5.34. The predicted octanol–water partition coefficient (Wildman–Crippen LogP) is 4.25. The maximum atomic E-state index is 13.2. The summed E-state index contributed by atoms with van der Waals surface area (Å²) < 4.78 is 19.2. The van der Waals surface area contributed by atoms with Gasteiger partial charge in [0.25, 0.3) is 5.91 Å². The van der Waals surface area contributed by atoms with E-state index in [0.717, 1.165) is 10.4 Å². The number of rotatable bonds is 5. The van der Waals surface area contributed by atoms with Gasteiger partial charge in [-0.15, -0.1) is 11.3 Å². The predicted molar refractivity (Wildman–Crippen MR) is 96.5 cm³/mol. The number of nitrogens with zero attached hydrogens (tertiary/aromatic N) is 1. The van der Waals surface area contributed by atoms with Crippen LogP contribution < -0.4 is 4.90 Å². The highest BCUT2D eigenvalue weighted by molar-refractivity contribution is 7.20. The van der Waals surface area contributed by atoms with Crippen molar-refractivity contribution in [1.82, 2.24) is 0 Å². The number of thiophene rings is 1. The Labute approximate surface area is 148 Å². The first-order valence-electron chi connectivity index (χ1n) is 7.80. The molecule has 0 radical (unpaired) electrons. The van der Waals surface area contributed by atoms with Gasteiger partial charge in [0.05, 0.1) is 0 Å². The molecule has 128 valence electrons. The Balaban J connectivity index is 1.67. The van der Waals surface area contributed by atoms with Crippen LogP contribution in [0.15, 0.2) is 54.6 Å². The Morgan fingerprint density at radius 3 is 2.60 bits per heavy atom. The summed E-state index contributed by atoms with van der Waals surface area (Å²) in [6, 6.07) is 15.1. The maximum absolute atomic E-state index is 13.2. The number of carbonyl (C=O) groups is 2. The van der Waals surface area contributed by atoms with Crippen molar-refractivity contribution < 1.29 is 18.7 Å². The molecule has 0 aliphatic rings. The van der Waals surface area contributed by atoms with E-state index < -0.39 is 5.97 Å². The van der Waals surface area contributed by atoms with Gasteiger partial charge in [0.1, 0.15) is 10.7 Å². The first kappa shape index (κ1) is 17.1. The summed E-state index contributed by atoms with van der Waals surface area (Å²) in [5.41, 5.74) is 0.753. The Morgan fingerprint density at radius 2 is 1.88 bits per heavy atom. The van der Waals surface area contributed by atoms with Crippen molar-refractivity contribution in [2.75, 3.05) is 18.1 Å². The standard InChI is InChI=1S/C19H16FNO3S/c1-2-21(15-6-4-3-5-7-15)18(22)12-24-19(23)17-11-13-10-14(20)8-9-16(13)25-17/h3-11H,2,12H2,1H3. The smallest absolute Gasteiger partial charge is 0.348 e. The number of amides is 1. The topological polar surface area (TPSA) is 46.6 Å². The SMILES string of the molecule is CCN(C(=O)COC(=O)c1cc2cc(F)ccc2s1)c1ccccc1. The van der Waals surface area contributed by atoms with Crippen LogP contribution in [0.25, 0.3) is 10.1 Å². The fourth-order valence-corrected chi connectivity index (χ4v) is 3.44. The lowest BCUT2D eigenvalue weighted by molar-refractivity contribution is -0.121. The molecule has 0 unspecified atom stereocenters. The monoisotopic (exact) mass is 357 g/mol. The third-order valence-corrected chi connectivity index (χ3v) is 4.79. The third-order valence-electron chi connectivity index (χ3n) is 3.69. The summed E-state index contributed by atoms with van der Waals surface area (Å²) in [4.78, 5) is 26.4. The van der Waals surface area contributed by atoms with Crippen molar-refractivity contribution in [3.63, 3.8) is 0 Å². The van der Waals surface area contributed by atoms with Crippen LogP contribution in [0.2, 0.25) is 0 Å². The van der Waals surface area contributed by atoms with Crippen molar-refractivity contribution >= 4 is 39.0 Å². The minimum Gasteiger partial charge on any atom is -0.451 e. The Bertz CT molecular complexity index is 907. The van der Waals surface area contributed by atoms with Gasteiger partial charge in [-0.05, 0) is 48.7 Å². The molecule has 0 saturated carbocycles. The molecule has 1 amide bonds. The number of carbonyl (C=O) groups excluding carboxylic acids is 2. The first-order valence-corrected chi connectivity index (χ1v) is 8.61. The molecule has 0 saturated heterocycles.